The lowest BCUT2D eigenvalue weighted by molar-refractivity contribution is -0.121. The van der Waals surface area contributed by atoms with E-state index >= 15 is 0 Å². The van der Waals surface area contributed by atoms with Gasteiger partial charge < -0.3 is 19.3 Å². The van der Waals surface area contributed by atoms with Crippen LogP contribution in [0, 0.1) is 0 Å². The van der Waals surface area contributed by atoms with Crippen LogP contribution in [0.4, 0.5) is 0 Å². The zero-order valence-corrected chi connectivity index (χ0v) is 9.15. The van der Waals surface area contributed by atoms with Crippen molar-refractivity contribution in [2.24, 2.45) is 0 Å². The van der Waals surface area contributed by atoms with Gasteiger partial charge in [-0.25, -0.2) is 0 Å². The highest BCUT2D eigenvalue weighted by atomic mass is 28.3. The van der Waals surface area contributed by atoms with Crippen molar-refractivity contribution >= 4 is 25.0 Å². The van der Waals surface area contributed by atoms with Crippen LogP contribution >= 0.6 is 0 Å². The first kappa shape index (κ1) is 9.73. The van der Waals surface area contributed by atoms with E-state index in [2.05, 4.69) is 4.90 Å². The standard InChI is InChI=1S/C9H13NO3Si/c11-7-1-4-10-5-2-8(12)14(7)9(13)3-6-10/h14H,1-6H2. The Labute approximate surface area is 83.9 Å². The van der Waals surface area contributed by atoms with Crippen LogP contribution < -0.4 is 0 Å². The van der Waals surface area contributed by atoms with E-state index in [4.69, 9.17) is 0 Å². The van der Waals surface area contributed by atoms with Crippen LogP contribution in [0.2, 0.25) is 0 Å². The minimum Gasteiger partial charge on any atom is -0.305 e. The lowest BCUT2D eigenvalue weighted by Crippen LogP contribution is -2.52. The maximum atomic E-state index is 11.6. The second kappa shape index (κ2) is 3.74. The average molecular weight is 211 g/mol. The molecule has 0 unspecified atom stereocenters. The number of rotatable bonds is 0. The Kier molecular flexibility index (Phi) is 2.60. The quantitative estimate of drug-likeness (QED) is 0.484. The molecule has 2 bridgehead atoms. The predicted molar refractivity (Wildman–Crippen MR) is 52.5 cm³/mol. The summed E-state index contributed by atoms with van der Waals surface area (Å²) in [6.07, 6.45) is 1.23. The predicted octanol–water partition coefficient (Wildman–Crippen LogP) is -0.962. The Morgan fingerprint density at radius 2 is 1.14 bits per heavy atom. The van der Waals surface area contributed by atoms with Crippen molar-refractivity contribution in [1.82, 2.24) is 4.90 Å². The Morgan fingerprint density at radius 1 is 0.786 bits per heavy atom. The Bertz CT molecular complexity index is 255. The Morgan fingerprint density at radius 3 is 1.50 bits per heavy atom. The zero-order valence-electron chi connectivity index (χ0n) is 7.99. The van der Waals surface area contributed by atoms with E-state index in [9.17, 15) is 14.4 Å². The van der Waals surface area contributed by atoms with Crippen molar-refractivity contribution in [2.75, 3.05) is 19.6 Å². The second-order valence-corrected chi connectivity index (χ2v) is 6.72. The van der Waals surface area contributed by atoms with Crippen molar-refractivity contribution < 1.29 is 14.4 Å². The van der Waals surface area contributed by atoms with Crippen LogP contribution in [-0.4, -0.2) is 49.6 Å². The molecule has 76 valence electrons. The highest BCUT2D eigenvalue weighted by molar-refractivity contribution is 7.27. The second-order valence-electron chi connectivity index (χ2n) is 3.92. The van der Waals surface area contributed by atoms with E-state index in [-0.39, 0.29) is 16.2 Å². The molecule has 0 radical (unpaired) electrons. The third-order valence-corrected chi connectivity index (χ3v) is 5.79. The molecule has 3 aliphatic heterocycles. The molecule has 0 amide bonds. The smallest absolute Gasteiger partial charge is 0.265 e. The number of nitrogens with zero attached hydrogens (tertiary/aromatic N) is 1. The Hall–Kier alpha value is -0.813. The molecular formula is C9H13NO3Si. The highest BCUT2D eigenvalue weighted by Gasteiger charge is 2.38. The molecule has 0 N–H and O–H groups in total. The molecule has 5 heteroatoms. The van der Waals surface area contributed by atoms with Crippen LogP contribution in [0.15, 0.2) is 0 Å². The SMILES string of the molecule is O=C1CCN2CCC(=O)[SiH]1C(=O)CC2. The molecule has 0 saturated carbocycles. The number of carbonyl (C=O) groups excluding carboxylic acids is 3. The molecule has 4 nitrogen and oxygen atoms in total. The van der Waals surface area contributed by atoms with E-state index in [0.717, 1.165) is 19.6 Å². The minimum atomic E-state index is -2.39. The zero-order chi connectivity index (χ0) is 10.1. The first-order valence-corrected chi connectivity index (χ1v) is 6.72. The van der Waals surface area contributed by atoms with Crippen molar-refractivity contribution in [3.8, 4) is 0 Å². The summed E-state index contributed by atoms with van der Waals surface area (Å²) >= 11 is 0. The summed E-state index contributed by atoms with van der Waals surface area (Å²) < 4.78 is 0. The summed E-state index contributed by atoms with van der Waals surface area (Å²) in [7, 11) is -2.39. The average Bonchev–Trinajstić information content (AvgIpc) is 2.11. The van der Waals surface area contributed by atoms with E-state index in [1.54, 1.807) is 0 Å². The molecule has 0 aliphatic carbocycles. The number of carbonyl (C=O) groups is 3. The van der Waals surface area contributed by atoms with Crippen LogP contribution in [0.25, 0.3) is 0 Å². The first-order chi connectivity index (χ1) is 6.68. The van der Waals surface area contributed by atoms with Gasteiger partial charge in [0.2, 0.25) is 0 Å². The molecule has 3 heterocycles. The molecule has 3 aliphatic rings. The van der Waals surface area contributed by atoms with Crippen molar-refractivity contribution in [2.45, 2.75) is 19.3 Å². The lowest BCUT2D eigenvalue weighted by Gasteiger charge is -2.28. The maximum Gasteiger partial charge on any atom is 0.265 e. The summed E-state index contributed by atoms with van der Waals surface area (Å²) in [4.78, 5) is 36.8. The summed E-state index contributed by atoms with van der Waals surface area (Å²) in [5.41, 5.74) is 0. The normalized spacial score (nSPS) is 33.9. The number of hydrogen-bond acceptors (Lipinski definition) is 4. The van der Waals surface area contributed by atoms with Gasteiger partial charge in [-0.3, -0.25) is 0 Å². The molecule has 0 atom stereocenters. The number of hydrogen-bond donors (Lipinski definition) is 0. The molecule has 0 aromatic heterocycles. The summed E-state index contributed by atoms with van der Waals surface area (Å²) in [5, 5.41) is -0.113. The van der Waals surface area contributed by atoms with Crippen molar-refractivity contribution in [1.29, 1.82) is 0 Å². The fourth-order valence-electron chi connectivity index (χ4n) is 2.11. The summed E-state index contributed by atoms with van der Waals surface area (Å²) in [6, 6.07) is 0. The van der Waals surface area contributed by atoms with E-state index in [1.807, 2.05) is 0 Å². The molecular weight excluding hydrogens is 198 g/mol. The van der Waals surface area contributed by atoms with Gasteiger partial charge in [-0.1, -0.05) is 0 Å². The molecule has 3 saturated heterocycles. The van der Waals surface area contributed by atoms with Crippen LogP contribution in [0.3, 0.4) is 0 Å². The molecule has 3 fully saturated rings. The van der Waals surface area contributed by atoms with Gasteiger partial charge >= 0.3 is 0 Å². The van der Waals surface area contributed by atoms with Crippen LogP contribution in [0.1, 0.15) is 19.3 Å². The van der Waals surface area contributed by atoms with Gasteiger partial charge in [-0.05, 0) is 0 Å². The summed E-state index contributed by atoms with van der Waals surface area (Å²) in [5.74, 6) is 0. The molecule has 0 spiro atoms. The fourth-order valence-corrected chi connectivity index (χ4v) is 4.44. The number of fused-ring (bicyclic) bond motifs is 6. The van der Waals surface area contributed by atoms with Gasteiger partial charge in [0.15, 0.2) is 0 Å². The minimum absolute atomic E-state index is 0.0376. The van der Waals surface area contributed by atoms with Gasteiger partial charge in [0, 0.05) is 38.9 Å². The molecule has 3 rings (SSSR count). The highest BCUT2D eigenvalue weighted by Crippen LogP contribution is 2.12. The first-order valence-electron chi connectivity index (χ1n) is 4.99. The van der Waals surface area contributed by atoms with Crippen molar-refractivity contribution in [3.05, 3.63) is 0 Å². The van der Waals surface area contributed by atoms with Gasteiger partial charge in [-0.2, -0.15) is 0 Å². The van der Waals surface area contributed by atoms with Gasteiger partial charge in [-0.15, -0.1) is 0 Å². The van der Waals surface area contributed by atoms with Gasteiger partial charge in [0.25, 0.3) is 8.80 Å². The molecule has 0 aromatic carbocycles. The lowest BCUT2D eigenvalue weighted by atomic mass is 10.3. The molecule has 0 aromatic rings. The topological polar surface area (TPSA) is 54.5 Å². The molecule has 14 heavy (non-hydrogen) atoms. The third-order valence-electron chi connectivity index (χ3n) is 2.99. The maximum absolute atomic E-state index is 11.6. The fraction of sp³-hybridized carbons (Fsp3) is 0.667. The van der Waals surface area contributed by atoms with Crippen molar-refractivity contribution in [3.63, 3.8) is 0 Å². The third kappa shape index (κ3) is 1.69. The van der Waals surface area contributed by atoms with E-state index in [1.165, 1.54) is 0 Å². The van der Waals surface area contributed by atoms with E-state index < -0.39 is 8.80 Å². The van der Waals surface area contributed by atoms with Crippen LogP contribution in [-0.2, 0) is 14.4 Å². The van der Waals surface area contributed by atoms with Crippen LogP contribution in [0.5, 0.6) is 0 Å². The van der Waals surface area contributed by atoms with Gasteiger partial charge in [0.05, 0.1) is 0 Å². The largest absolute Gasteiger partial charge is 0.305 e. The summed E-state index contributed by atoms with van der Waals surface area (Å²) in [6.45, 7) is 2.22. The Balaban J connectivity index is 2.30. The van der Waals surface area contributed by atoms with E-state index in [0.29, 0.717) is 19.3 Å². The monoisotopic (exact) mass is 211 g/mol. The van der Waals surface area contributed by atoms with Gasteiger partial charge in [0.1, 0.15) is 16.2 Å².